The van der Waals surface area contributed by atoms with Crippen molar-refractivity contribution in [2.24, 2.45) is 0 Å². The van der Waals surface area contributed by atoms with Gasteiger partial charge in [-0.2, -0.15) is 0 Å². The van der Waals surface area contributed by atoms with Crippen LogP contribution in [0.15, 0.2) is 34.1 Å². The molecular formula is C30H40F2N8O9. The summed E-state index contributed by atoms with van der Waals surface area (Å²) in [6.45, 7) is 9.91. The molecule has 10 N–H and O–H groups in total. The standard InChI is InChI=1S/2C15H17FN4O3.3H2O/c2*1-2-19-8-10(15(22)23)12(21)9-7-11(16)14(18-13(9)19)20-5-3-17-4-6-20;;;/h2*7-8,17H,2-6H2,1H3,(H,22,23);3*1H2. The Hall–Kier alpha value is -5.08. The minimum Gasteiger partial charge on any atom is -0.477 e. The molecule has 4 aromatic rings. The Morgan fingerprint density at radius 2 is 1.02 bits per heavy atom. The van der Waals surface area contributed by atoms with E-state index in [1.165, 1.54) is 12.4 Å². The van der Waals surface area contributed by atoms with Gasteiger partial charge in [-0.15, -0.1) is 0 Å². The smallest absolute Gasteiger partial charge is 0.341 e. The fourth-order valence-electron chi connectivity index (χ4n) is 5.54. The van der Waals surface area contributed by atoms with E-state index >= 15 is 0 Å². The number of nitrogens with zero attached hydrogens (tertiary/aromatic N) is 6. The minimum atomic E-state index is -1.33. The number of halogens is 2. The Kier molecular flexibility index (Phi) is 13.8. The van der Waals surface area contributed by atoms with Crippen molar-refractivity contribution in [3.63, 3.8) is 0 Å². The molecule has 0 aliphatic carbocycles. The van der Waals surface area contributed by atoms with E-state index < -0.39 is 34.4 Å². The summed E-state index contributed by atoms with van der Waals surface area (Å²) in [5.41, 5.74) is -1.58. The number of aryl methyl sites for hydroxylation is 2. The zero-order valence-corrected chi connectivity index (χ0v) is 26.8. The third kappa shape index (κ3) is 7.98. The van der Waals surface area contributed by atoms with Crippen LogP contribution in [0.1, 0.15) is 34.6 Å². The van der Waals surface area contributed by atoms with Gasteiger partial charge >= 0.3 is 11.9 Å². The number of fused-ring (bicyclic) bond motifs is 2. The zero-order chi connectivity index (χ0) is 33.1. The summed E-state index contributed by atoms with van der Waals surface area (Å²) in [5, 5.41) is 24.6. The average molecular weight is 695 g/mol. The van der Waals surface area contributed by atoms with Crippen molar-refractivity contribution < 1.29 is 45.0 Å². The van der Waals surface area contributed by atoms with Crippen LogP contribution in [0.4, 0.5) is 20.4 Å². The lowest BCUT2D eigenvalue weighted by Gasteiger charge is -2.29. The van der Waals surface area contributed by atoms with E-state index in [0.29, 0.717) is 50.6 Å². The number of carboxylic acid groups (broad SMARTS) is 2. The van der Waals surface area contributed by atoms with Gasteiger partial charge in [0.15, 0.2) is 23.3 Å². The molecule has 2 saturated heterocycles. The minimum absolute atomic E-state index is 0. The zero-order valence-electron chi connectivity index (χ0n) is 26.8. The molecule has 0 spiro atoms. The molecule has 6 rings (SSSR count). The molecule has 0 bridgehead atoms. The molecule has 4 aromatic heterocycles. The van der Waals surface area contributed by atoms with Crippen LogP contribution >= 0.6 is 0 Å². The normalized spacial score (nSPS) is 14.2. The van der Waals surface area contributed by atoms with Crippen LogP contribution in [0.3, 0.4) is 0 Å². The van der Waals surface area contributed by atoms with E-state index in [-0.39, 0.29) is 50.0 Å². The van der Waals surface area contributed by atoms with E-state index in [0.717, 1.165) is 38.3 Å². The predicted molar refractivity (Wildman–Crippen MR) is 178 cm³/mol. The van der Waals surface area contributed by atoms with Crippen molar-refractivity contribution in [1.29, 1.82) is 0 Å². The summed E-state index contributed by atoms with van der Waals surface area (Å²) in [5.74, 6) is -3.48. The molecule has 2 fully saturated rings. The molecule has 2 aliphatic heterocycles. The number of aromatic nitrogens is 4. The van der Waals surface area contributed by atoms with Crippen molar-refractivity contribution in [3.05, 3.63) is 67.7 Å². The number of pyridine rings is 4. The first-order valence-corrected chi connectivity index (χ1v) is 14.9. The van der Waals surface area contributed by atoms with Gasteiger partial charge in [0.1, 0.15) is 22.4 Å². The van der Waals surface area contributed by atoms with Gasteiger partial charge in [0.05, 0.1) is 10.8 Å². The number of anilines is 2. The Bertz CT molecular complexity index is 1800. The molecular weight excluding hydrogens is 654 g/mol. The van der Waals surface area contributed by atoms with Gasteiger partial charge in [-0.25, -0.2) is 28.3 Å². The molecule has 0 saturated carbocycles. The summed E-state index contributed by atoms with van der Waals surface area (Å²) in [4.78, 5) is 59.2. The molecule has 0 amide bonds. The van der Waals surface area contributed by atoms with Gasteiger partial charge in [-0.3, -0.25) is 9.59 Å². The van der Waals surface area contributed by atoms with Crippen LogP contribution in [0.5, 0.6) is 0 Å². The predicted octanol–water partition coefficient (Wildman–Crippen LogP) is -1.15. The first-order chi connectivity index (χ1) is 22.0. The molecule has 2 aliphatic rings. The number of aromatic carboxylic acids is 2. The van der Waals surface area contributed by atoms with Crippen molar-refractivity contribution >= 4 is 45.6 Å². The molecule has 0 unspecified atom stereocenters. The largest absolute Gasteiger partial charge is 0.477 e. The average Bonchev–Trinajstić information content (AvgIpc) is 3.06. The second-order valence-corrected chi connectivity index (χ2v) is 10.7. The Balaban J connectivity index is 0.000000321. The molecule has 17 nitrogen and oxygen atoms in total. The summed E-state index contributed by atoms with van der Waals surface area (Å²) in [6.07, 6.45) is 2.53. The number of hydrogen-bond acceptors (Lipinski definition) is 10. The summed E-state index contributed by atoms with van der Waals surface area (Å²) < 4.78 is 32.0. The highest BCUT2D eigenvalue weighted by Gasteiger charge is 2.23. The number of carboxylic acids is 2. The highest BCUT2D eigenvalue weighted by atomic mass is 19.1. The van der Waals surface area contributed by atoms with Gasteiger partial charge in [-0.1, -0.05) is 0 Å². The number of carbonyl (C=O) groups is 2. The van der Waals surface area contributed by atoms with Crippen molar-refractivity contribution in [3.8, 4) is 0 Å². The second-order valence-electron chi connectivity index (χ2n) is 10.7. The van der Waals surface area contributed by atoms with E-state index in [1.807, 2.05) is 23.6 Å². The monoisotopic (exact) mass is 694 g/mol. The van der Waals surface area contributed by atoms with E-state index in [4.69, 9.17) is 10.2 Å². The van der Waals surface area contributed by atoms with Gasteiger partial charge in [0.2, 0.25) is 10.9 Å². The number of piperazine rings is 2. The number of nitrogens with one attached hydrogen (secondary N) is 2. The highest BCUT2D eigenvalue weighted by molar-refractivity contribution is 5.93. The van der Waals surface area contributed by atoms with Crippen LogP contribution < -0.4 is 31.3 Å². The van der Waals surface area contributed by atoms with Gasteiger partial charge in [-0.05, 0) is 26.0 Å². The molecule has 19 heteroatoms. The van der Waals surface area contributed by atoms with Crippen LogP contribution in [0.25, 0.3) is 22.1 Å². The molecule has 6 heterocycles. The van der Waals surface area contributed by atoms with Gasteiger partial charge < -0.3 is 56.2 Å². The van der Waals surface area contributed by atoms with Crippen LogP contribution in [-0.4, -0.2) is 110 Å². The van der Waals surface area contributed by atoms with E-state index in [9.17, 15) is 28.0 Å². The second kappa shape index (κ2) is 16.8. The maximum atomic E-state index is 14.4. The maximum Gasteiger partial charge on any atom is 0.341 e. The van der Waals surface area contributed by atoms with Crippen molar-refractivity contribution in [2.45, 2.75) is 26.9 Å². The lowest BCUT2D eigenvalue weighted by Crippen LogP contribution is -2.44. The summed E-state index contributed by atoms with van der Waals surface area (Å²) >= 11 is 0. The topological polar surface area (TPSA) is 269 Å². The number of hydrogen-bond donors (Lipinski definition) is 4. The molecule has 0 radical (unpaired) electrons. The fraction of sp³-hybridized carbons (Fsp3) is 0.400. The van der Waals surface area contributed by atoms with Gasteiger partial charge in [0.25, 0.3) is 0 Å². The Labute approximate surface area is 277 Å². The van der Waals surface area contributed by atoms with Crippen molar-refractivity contribution in [1.82, 2.24) is 29.7 Å². The molecule has 0 atom stereocenters. The van der Waals surface area contributed by atoms with Crippen molar-refractivity contribution in [2.75, 3.05) is 62.2 Å². The van der Waals surface area contributed by atoms with Crippen LogP contribution in [0.2, 0.25) is 0 Å². The molecule has 0 aromatic carbocycles. The highest BCUT2D eigenvalue weighted by Crippen LogP contribution is 2.23. The van der Waals surface area contributed by atoms with Crippen LogP contribution in [0, 0.1) is 11.6 Å². The molecule has 49 heavy (non-hydrogen) atoms. The third-order valence-electron chi connectivity index (χ3n) is 7.94. The van der Waals surface area contributed by atoms with Gasteiger partial charge in [0, 0.05) is 77.8 Å². The van der Waals surface area contributed by atoms with Crippen LogP contribution in [-0.2, 0) is 13.1 Å². The SMILES string of the molecule is CCn1cc(C(=O)O)c(=O)c2cc(F)c(N3CCNCC3)nc21.CCn1cc(C(=O)O)c(=O)c2cc(F)c(N3CCNCC3)nc21.O.O.O. The lowest BCUT2D eigenvalue weighted by molar-refractivity contribution is 0.0684. The number of rotatable bonds is 6. The van der Waals surface area contributed by atoms with E-state index in [1.54, 1.807) is 9.13 Å². The first kappa shape index (κ1) is 40.1. The summed E-state index contributed by atoms with van der Waals surface area (Å²) in [7, 11) is 0. The first-order valence-electron chi connectivity index (χ1n) is 14.9. The Morgan fingerprint density at radius 3 is 1.31 bits per heavy atom. The molecule has 268 valence electrons. The Morgan fingerprint density at radius 1 is 0.694 bits per heavy atom. The fourth-order valence-corrected chi connectivity index (χ4v) is 5.54. The van der Waals surface area contributed by atoms with E-state index in [2.05, 4.69) is 20.6 Å². The lowest BCUT2D eigenvalue weighted by atomic mass is 10.2. The quantitative estimate of drug-likeness (QED) is 0.186. The summed E-state index contributed by atoms with van der Waals surface area (Å²) in [6, 6.07) is 2.20. The maximum absolute atomic E-state index is 14.4. The third-order valence-corrected chi connectivity index (χ3v) is 7.94.